The number of halogens is 1. The minimum Gasteiger partial charge on any atom is -0.382 e. The van der Waals surface area contributed by atoms with Gasteiger partial charge in [-0.15, -0.1) is 0 Å². The van der Waals surface area contributed by atoms with Gasteiger partial charge in [-0.2, -0.15) is 5.10 Å². The van der Waals surface area contributed by atoms with Gasteiger partial charge in [-0.1, -0.05) is 18.5 Å². The number of nitrogens with one attached hydrogen (secondary N) is 1. The first kappa shape index (κ1) is 19.9. The fourth-order valence-electron chi connectivity index (χ4n) is 2.07. The lowest BCUT2D eigenvalue weighted by Gasteiger charge is -2.21. The molecule has 132 valence electrons. The monoisotopic (exact) mass is 364 g/mol. The van der Waals surface area contributed by atoms with E-state index in [2.05, 4.69) is 10.4 Å². The molecule has 1 N–H and O–H groups in total. The highest BCUT2D eigenvalue weighted by Gasteiger charge is 2.19. The fraction of sp³-hybridized carbons (Fsp3) is 0.714. The van der Waals surface area contributed by atoms with Crippen molar-refractivity contribution in [2.45, 2.75) is 39.7 Å². The van der Waals surface area contributed by atoms with Crippen molar-refractivity contribution in [3.8, 4) is 0 Å². The van der Waals surface area contributed by atoms with Gasteiger partial charge in [-0.25, -0.2) is 17.4 Å². The molecule has 0 aromatic carbocycles. The van der Waals surface area contributed by atoms with Crippen LogP contribution in [0.4, 0.5) is 5.69 Å². The Morgan fingerprint density at radius 3 is 2.48 bits per heavy atom. The molecule has 0 bridgehead atoms. The minimum atomic E-state index is -3.18. The largest absolute Gasteiger partial charge is 0.382 e. The van der Waals surface area contributed by atoms with Crippen LogP contribution in [0.1, 0.15) is 34.1 Å². The number of anilines is 1. The summed E-state index contributed by atoms with van der Waals surface area (Å²) < 4.78 is 25.7. The quantitative estimate of drug-likeness (QED) is 0.745. The smallest absolute Gasteiger partial charge is 0.288 e. The highest BCUT2D eigenvalue weighted by Crippen LogP contribution is 2.18. The molecular formula is C14H25ClN4O3S. The van der Waals surface area contributed by atoms with E-state index in [4.69, 9.17) is 11.6 Å². The topological polar surface area (TPSA) is 84.3 Å². The molecule has 0 aliphatic heterocycles. The molecule has 1 heterocycles. The molecule has 1 rings (SSSR count). The molecule has 0 unspecified atom stereocenters. The van der Waals surface area contributed by atoms with Gasteiger partial charge in [0, 0.05) is 19.6 Å². The molecule has 1 aromatic rings. The van der Waals surface area contributed by atoms with Crippen LogP contribution >= 0.6 is 11.6 Å². The zero-order valence-electron chi connectivity index (χ0n) is 14.3. The predicted octanol–water partition coefficient (Wildman–Crippen LogP) is 1.74. The fourth-order valence-corrected chi connectivity index (χ4v) is 3.20. The minimum absolute atomic E-state index is 0.0883. The van der Waals surface area contributed by atoms with Gasteiger partial charge >= 0.3 is 0 Å². The molecule has 0 amide bonds. The molecule has 0 saturated carbocycles. The van der Waals surface area contributed by atoms with Gasteiger partial charge in [0.25, 0.3) is 5.56 Å². The van der Waals surface area contributed by atoms with Crippen LogP contribution in [-0.4, -0.2) is 48.4 Å². The average molecular weight is 365 g/mol. The summed E-state index contributed by atoms with van der Waals surface area (Å²) in [6.07, 6.45) is 3.31. The SMILES string of the molecule is CCN(CCCNc1cnn(C(C)(C)C)c(=O)c1Cl)S(C)(=O)=O. The first-order valence-corrected chi connectivity index (χ1v) is 9.68. The normalized spacial score (nSPS) is 12.7. The number of aromatic nitrogens is 2. The Labute approximate surface area is 142 Å². The van der Waals surface area contributed by atoms with E-state index in [-0.39, 0.29) is 10.6 Å². The van der Waals surface area contributed by atoms with E-state index < -0.39 is 15.6 Å². The van der Waals surface area contributed by atoms with Crippen LogP contribution in [0.25, 0.3) is 0 Å². The van der Waals surface area contributed by atoms with Gasteiger partial charge < -0.3 is 5.32 Å². The van der Waals surface area contributed by atoms with E-state index in [9.17, 15) is 13.2 Å². The zero-order chi connectivity index (χ0) is 17.8. The highest BCUT2D eigenvalue weighted by atomic mass is 35.5. The van der Waals surface area contributed by atoms with Crippen LogP contribution in [0.15, 0.2) is 11.0 Å². The molecule has 23 heavy (non-hydrogen) atoms. The maximum Gasteiger partial charge on any atom is 0.288 e. The van der Waals surface area contributed by atoms with Crippen molar-refractivity contribution in [2.24, 2.45) is 0 Å². The summed E-state index contributed by atoms with van der Waals surface area (Å²) in [5.41, 5.74) is -0.342. The van der Waals surface area contributed by atoms with E-state index in [0.717, 1.165) is 0 Å². The predicted molar refractivity (Wildman–Crippen MR) is 93.7 cm³/mol. The van der Waals surface area contributed by atoms with Crippen molar-refractivity contribution in [2.75, 3.05) is 31.2 Å². The summed E-state index contributed by atoms with van der Waals surface area (Å²) in [5.74, 6) is 0. The zero-order valence-corrected chi connectivity index (χ0v) is 15.8. The van der Waals surface area contributed by atoms with E-state index in [1.54, 1.807) is 6.92 Å². The van der Waals surface area contributed by atoms with Crippen molar-refractivity contribution in [3.63, 3.8) is 0 Å². The Bertz CT molecular complexity index is 695. The lowest BCUT2D eigenvalue weighted by molar-refractivity contribution is 0.338. The van der Waals surface area contributed by atoms with E-state index in [0.29, 0.717) is 31.7 Å². The molecule has 9 heteroatoms. The molecule has 0 fully saturated rings. The standard InChI is InChI=1S/C14H25ClN4O3S/c1-6-18(23(5,21)22)9-7-8-16-11-10-17-19(14(2,3)4)13(20)12(11)15/h10,16H,6-9H2,1-5H3. The summed E-state index contributed by atoms with van der Waals surface area (Å²) in [4.78, 5) is 12.2. The number of rotatable bonds is 7. The van der Waals surface area contributed by atoms with Crippen molar-refractivity contribution in [3.05, 3.63) is 21.6 Å². The number of hydrogen-bond donors (Lipinski definition) is 1. The molecule has 7 nitrogen and oxygen atoms in total. The maximum absolute atomic E-state index is 12.2. The first-order chi connectivity index (χ1) is 10.5. The Kier molecular flexibility index (Phi) is 6.61. The first-order valence-electron chi connectivity index (χ1n) is 7.45. The van der Waals surface area contributed by atoms with Gasteiger partial charge in [0.2, 0.25) is 10.0 Å². The summed E-state index contributed by atoms with van der Waals surface area (Å²) >= 11 is 6.10. The Morgan fingerprint density at radius 1 is 1.39 bits per heavy atom. The molecule has 0 spiro atoms. The van der Waals surface area contributed by atoms with Gasteiger partial charge in [0.05, 0.1) is 23.7 Å². The summed E-state index contributed by atoms with van der Waals surface area (Å²) in [6, 6.07) is 0. The van der Waals surface area contributed by atoms with Crippen molar-refractivity contribution in [1.29, 1.82) is 0 Å². The summed E-state index contributed by atoms with van der Waals surface area (Å²) in [5, 5.41) is 7.25. The van der Waals surface area contributed by atoms with Gasteiger partial charge in [-0.3, -0.25) is 4.79 Å². The van der Waals surface area contributed by atoms with Gasteiger partial charge in [-0.05, 0) is 27.2 Å². The van der Waals surface area contributed by atoms with E-state index >= 15 is 0 Å². The lowest BCUT2D eigenvalue weighted by Crippen LogP contribution is -2.36. The van der Waals surface area contributed by atoms with Crippen molar-refractivity contribution >= 4 is 27.3 Å². The second-order valence-electron chi connectivity index (χ2n) is 6.29. The molecule has 0 saturated heterocycles. The van der Waals surface area contributed by atoms with Crippen molar-refractivity contribution < 1.29 is 8.42 Å². The summed E-state index contributed by atoms with van der Waals surface area (Å²) in [6.45, 7) is 8.74. The molecule has 0 atom stereocenters. The Balaban J connectivity index is 2.70. The lowest BCUT2D eigenvalue weighted by atomic mass is 10.1. The van der Waals surface area contributed by atoms with Crippen LogP contribution in [0.2, 0.25) is 5.02 Å². The molecule has 0 radical (unpaired) electrons. The van der Waals surface area contributed by atoms with Crippen LogP contribution in [0.5, 0.6) is 0 Å². The van der Waals surface area contributed by atoms with Crippen LogP contribution in [0, 0.1) is 0 Å². The third-order valence-corrected chi connectivity index (χ3v) is 5.02. The van der Waals surface area contributed by atoms with Crippen LogP contribution in [-0.2, 0) is 15.6 Å². The average Bonchev–Trinajstić information content (AvgIpc) is 2.40. The second-order valence-corrected chi connectivity index (χ2v) is 8.66. The molecule has 0 aliphatic rings. The van der Waals surface area contributed by atoms with E-state index in [1.807, 2.05) is 20.8 Å². The van der Waals surface area contributed by atoms with Crippen LogP contribution < -0.4 is 10.9 Å². The van der Waals surface area contributed by atoms with Crippen molar-refractivity contribution in [1.82, 2.24) is 14.1 Å². The number of hydrogen-bond acceptors (Lipinski definition) is 5. The van der Waals surface area contributed by atoms with E-state index in [1.165, 1.54) is 21.4 Å². The van der Waals surface area contributed by atoms with Gasteiger partial charge in [0.15, 0.2) is 0 Å². The second kappa shape index (κ2) is 7.63. The van der Waals surface area contributed by atoms with Gasteiger partial charge in [0.1, 0.15) is 5.02 Å². The maximum atomic E-state index is 12.2. The third kappa shape index (κ3) is 5.47. The third-order valence-electron chi connectivity index (χ3n) is 3.28. The Hall–Kier alpha value is -1.12. The van der Waals surface area contributed by atoms with Crippen LogP contribution in [0.3, 0.4) is 0 Å². The molecular weight excluding hydrogens is 340 g/mol. The highest BCUT2D eigenvalue weighted by molar-refractivity contribution is 7.88. The molecule has 0 aliphatic carbocycles. The number of sulfonamides is 1. The number of nitrogens with zero attached hydrogens (tertiary/aromatic N) is 3. The summed E-state index contributed by atoms with van der Waals surface area (Å²) in [7, 11) is -3.18. The molecule has 1 aromatic heterocycles. The Morgan fingerprint density at radius 2 is 2.00 bits per heavy atom.